The minimum absolute atomic E-state index is 0. The molecule has 3 aromatic rings. The Balaban J connectivity index is 0.00000162. The number of furan rings is 1. The van der Waals surface area contributed by atoms with Gasteiger partial charge in [-0.05, 0) is 0 Å². The normalized spacial score (nSPS) is 16.8. The third kappa shape index (κ3) is 4.47. The summed E-state index contributed by atoms with van der Waals surface area (Å²) in [5, 5.41) is 0. The summed E-state index contributed by atoms with van der Waals surface area (Å²) in [7, 11) is 0. The van der Waals surface area contributed by atoms with Gasteiger partial charge in [0.05, 0.1) is 0 Å². The van der Waals surface area contributed by atoms with Crippen molar-refractivity contribution in [3.05, 3.63) is 94.5 Å². The molecule has 1 nitrogen and oxygen atoms in total. The monoisotopic (exact) mass is 567 g/mol. The van der Waals surface area contributed by atoms with Crippen molar-refractivity contribution in [2.75, 3.05) is 0 Å². The Bertz CT molecular complexity index is 1270. The first-order valence-corrected chi connectivity index (χ1v) is 12.9. The molecule has 1 aromatic heterocycles. The fraction of sp³-hybridized carbons (Fsp3) is 0.333. The van der Waals surface area contributed by atoms with Gasteiger partial charge in [0.2, 0.25) is 0 Å². The average molecular weight is 570 g/mol. The van der Waals surface area contributed by atoms with Gasteiger partial charge >= 0.3 is 208 Å². The number of hydrogen-bond acceptors (Lipinski definition) is 1. The summed E-state index contributed by atoms with van der Waals surface area (Å²) in [6.07, 6.45) is 9.23. The van der Waals surface area contributed by atoms with E-state index >= 15 is 0 Å². The van der Waals surface area contributed by atoms with E-state index in [0.717, 1.165) is 6.42 Å². The molecule has 2 aromatic carbocycles. The summed E-state index contributed by atoms with van der Waals surface area (Å²) < 4.78 is 5.92. The number of hydrogen-bond donors (Lipinski definition) is 0. The van der Waals surface area contributed by atoms with Crippen LogP contribution in [-0.4, -0.2) is 0 Å². The van der Waals surface area contributed by atoms with Crippen molar-refractivity contribution >= 4 is 11.1 Å². The van der Waals surface area contributed by atoms with Crippen LogP contribution in [0.4, 0.5) is 0 Å². The largest absolute Gasteiger partial charge is 1.00 e. The fourth-order valence-electron chi connectivity index (χ4n) is 5.20. The van der Waals surface area contributed by atoms with Gasteiger partial charge in [-0.2, -0.15) is 0 Å². The van der Waals surface area contributed by atoms with E-state index in [9.17, 15) is 0 Å². The molecule has 0 radical (unpaired) electrons. The van der Waals surface area contributed by atoms with Gasteiger partial charge in [-0.1, -0.05) is 0 Å². The standard InChI is InChI=1S/C30H31O.2ClH.Zr/c1-29(2,3)21-10-11-23-20(16-21)17-26-24(23)12-13-27(30(4,5)6)28(26)25-9-7-8-22(25)19-14-15-31-18-19;;;/h7-8,10-18H,9H2,1-6H3;2*1H;/q;;;+2/p-2. The smallest absolute Gasteiger partial charge is 1.00 e. The SMILES string of the molecule is CC(C)(C)c1ccc2c(c1)[CH]([Zr+2])c1c-2ccc(C(C)(C)C)c1C1=C(c2ccoc2)C=CC1.[Cl-].[Cl-]. The Morgan fingerprint density at radius 2 is 1.59 bits per heavy atom. The van der Waals surface area contributed by atoms with E-state index < -0.39 is 0 Å². The van der Waals surface area contributed by atoms with E-state index in [4.69, 9.17) is 4.42 Å². The minimum atomic E-state index is 0. The van der Waals surface area contributed by atoms with Gasteiger partial charge in [0, 0.05) is 0 Å². The minimum Gasteiger partial charge on any atom is -1.00 e. The molecular formula is C30H31Cl2OZr. The molecule has 4 heteroatoms. The first-order chi connectivity index (χ1) is 15.1. The molecule has 0 saturated heterocycles. The Labute approximate surface area is 231 Å². The van der Waals surface area contributed by atoms with Crippen LogP contribution in [0, 0.1) is 0 Å². The molecule has 0 bridgehead atoms. The Kier molecular flexibility index (Phi) is 7.70. The third-order valence-corrected chi connectivity index (χ3v) is 8.40. The summed E-state index contributed by atoms with van der Waals surface area (Å²) in [5.74, 6) is 0. The Morgan fingerprint density at radius 3 is 2.21 bits per heavy atom. The molecule has 34 heavy (non-hydrogen) atoms. The van der Waals surface area contributed by atoms with Crippen molar-refractivity contribution in [2.45, 2.75) is 62.4 Å². The molecule has 1 unspecified atom stereocenters. The second-order valence-electron chi connectivity index (χ2n) is 11.2. The molecule has 0 saturated carbocycles. The van der Waals surface area contributed by atoms with Gasteiger partial charge in [-0.3, -0.25) is 0 Å². The number of halogens is 2. The first kappa shape index (κ1) is 27.3. The van der Waals surface area contributed by atoms with E-state index in [2.05, 4.69) is 90.1 Å². The van der Waals surface area contributed by atoms with Crippen LogP contribution in [0.3, 0.4) is 0 Å². The molecule has 1 atom stereocenters. The van der Waals surface area contributed by atoms with Crippen molar-refractivity contribution in [1.29, 1.82) is 0 Å². The second-order valence-corrected chi connectivity index (χ2v) is 12.6. The van der Waals surface area contributed by atoms with Gasteiger partial charge in [0.25, 0.3) is 0 Å². The van der Waals surface area contributed by atoms with Crippen molar-refractivity contribution in [2.24, 2.45) is 0 Å². The number of rotatable bonds is 2. The van der Waals surface area contributed by atoms with Crippen LogP contribution in [0.15, 0.2) is 65.5 Å². The zero-order chi connectivity index (χ0) is 22.8. The maximum absolute atomic E-state index is 5.45. The summed E-state index contributed by atoms with van der Waals surface area (Å²) in [4.78, 5) is 0. The van der Waals surface area contributed by atoms with Crippen molar-refractivity contribution < 1.29 is 54.0 Å². The third-order valence-electron chi connectivity index (χ3n) is 6.93. The van der Waals surface area contributed by atoms with Crippen molar-refractivity contribution in [3.8, 4) is 11.1 Å². The molecular weight excluding hydrogens is 538 g/mol. The molecule has 5 rings (SSSR count). The van der Waals surface area contributed by atoms with E-state index in [1.165, 1.54) is 55.7 Å². The van der Waals surface area contributed by atoms with Gasteiger partial charge in [0.15, 0.2) is 0 Å². The first-order valence-electron chi connectivity index (χ1n) is 11.5. The zero-order valence-corrected chi connectivity index (χ0v) is 24.7. The molecule has 175 valence electrons. The van der Waals surface area contributed by atoms with Crippen LogP contribution in [0.5, 0.6) is 0 Å². The maximum atomic E-state index is 5.45. The number of benzene rings is 2. The van der Waals surface area contributed by atoms with E-state index in [1.807, 2.05) is 6.26 Å². The predicted octanol–water partition coefficient (Wildman–Crippen LogP) is 2.37. The molecule has 1 heterocycles. The maximum Gasteiger partial charge on any atom is -1.00 e. The second kappa shape index (κ2) is 9.61. The molecule has 0 aliphatic heterocycles. The predicted molar refractivity (Wildman–Crippen MR) is 130 cm³/mol. The van der Waals surface area contributed by atoms with E-state index in [0.29, 0.717) is 3.63 Å². The van der Waals surface area contributed by atoms with Gasteiger partial charge in [-0.15, -0.1) is 0 Å². The molecule has 2 aliphatic carbocycles. The molecule has 0 fully saturated rings. The summed E-state index contributed by atoms with van der Waals surface area (Å²) in [6, 6.07) is 14.1. The summed E-state index contributed by atoms with van der Waals surface area (Å²) in [6.45, 7) is 14.0. The van der Waals surface area contributed by atoms with E-state index in [-0.39, 0.29) is 35.6 Å². The Morgan fingerprint density at radius 1 is 0.882 bits per heavy atom. The quantitative estimate of drug-likeness (QED) is 0.462. The summed E-state index contributed by atoms with van der Waals surface area (Å²) in [5.41, 5.74) is 14.4. The van der Waals surface area contributed by atoms with Crippen molar-refractivity contribution in [1.82, 2.24) is 0 Å². The van der Waals surface area contributed by atoms with Gasteiger partial charge < -0.3 is 24.8 Å². The topological polar surface area (TPSA) is 13.1 Å². The average Bonchev–Trinajstić information content (AvgIpc) is 3.45. The van der Waals surface area contributed by atoms with Gasteiger partial charge in [-0.25, -0.2) is 0 Å². The van der Waals surface area contributed by atoms with Crippen LogP contribution < -0.4 is 24.8 Å². The molecule has 0 amide bonds. The van der Waals surface area contributed by atoms with Gasteiger partial charge in [0.1, 0.15) is 0 Å². The fourth-order valence-corrected chi connectivity index (χ4v) is 6.53. The molecule has 2 aliphatic rings. The van der Waals surface area contributed by atoms with Crippen LogP contribution in [0.1, 0.15) is 85.0 Å². The number of allylic oxidation sites excluding steroid dienone is 4. The van der Waals surface area contributed by atoms with Crippen LogP contribution in [-0.2, 0) is 35.5 Å². The molecule has 0 N–H and O–H groups in total. The zero-order valence-electron chi connectivity index (χ0n) is 20.7. The van der Waals surface area contributed by atoms with E-state index in [1.54, 1.807) is 31.0 Å². The molecule has 0 spiro atoms. The Hall–Kier alpha value is -1.34. The summed E-state index contributed by atoms with van der Waals surface area (Å²) >= 11 is 1.56. The number of fused-ring (bicyclic) bond motifs is 3. The van der Waals surface area contributed by atoms with Crippen LogP contribution in [0.25, 0.3) is 22.3 Å². The van der Waals surface area contributed by atoms with Crippen molar-refractivity contribution in [3.63, 3.8) is 0 Å². The van der Waals surface area contributed by atoms with Crippen LogP contribution in [0.2, 0.25) is 0 Å². The van der Waals surface area contributed by atoms with Crippen LogP contribution >= 0.6 is 0 Å².